The van der Waals surface area contributed by atoms with Crippen molar-refractivity contribution in [3.63, 3.8) is 0 Å². The number of hydrogen-bond donors (Lipinski definition) is 1. The second kappa shape index (κ2) is 5.32. The summed E-state index contributed by atoms with van der Waals surface area (Å²) in [6, 6.07) is 3.89. The molecule has 0 radical (unpaired) electrons. The summed E-state index contributed by atoms with van der Waals surface area (Å²) in [5.74, 6) is -1.07. The second-order valence-electron chi connectivity index (χ2n) is 5.13. The number of fused-ring (bicyclic) bond motifs is 1. The van der Waals surface area contributed by atoms with Crippen molar-refractivity contribution < 1.29 is 14.1 Å². The minimum atomic E-state index is -1.22. The van der Waals surface area contributed by atoms with Crippen LogP contribution in [0.15, 0.2) is 29.6 Å². The van der Waals surface area contributed by atoms with Gasteiger partial charge in [-0.1, -0.05) is 6.08 Å². The smallest absolute Gasteiger partial charge is 0.237 e. The zero-order valence-corrected chi connectivity index (χ0v) is 12.8. The van der Waals surface area contributed by atoms with Crippen molar-refractivity contribution in [1.82, 2.24) is 14.6 Å². The van der Waals surface area contributed by atoms with Gasteiger partial charge in [0.05, 0.1) is 28.2 Å². The second-order valence-corrected chi connectivity index (χ2v) is 6.41. The molecule has 0 aromatic carbocycles. The molecule has 0 bridgehead atoms. The summed E-state index contributed by atoms with van der Waals surface area (Å²) in [6.07, 6.45) is 6.89. The molecule has 2 unspecified atom stereocenters. The van der Waals surface area contributed by atoms with Gasteiger partial charge in [-0.3, -0.25) is 4.21 Å². The molecule has 112 valence electrons. The van der Waals surface area contributed by atoms with Crippen molar-refractivity contribution in [3.05, 3.63) is 30.1 Å². The van der Waals surface area contributed by atoms with Crippen molar-refractivity contribution in [3.8, 4) is 0 Å². The van der Waals surface area contributed by atoms with Crippen LogP contribution < -0.4 is 0 Å². The molecule has 2 heterocycles. The highest BCUT2D eigenvalue weighted by Gasteiger charge is 2.29. The van der Waals surface area contributed by atoms with Crippen LogP contribution in [0.25, 0.3) is 11.1 Å². The van der Waals surface area contributed by atoms with Crippen molar-refractivity contribution >= 4 is 21.9 Å². The minimum Gasteiger partial charge on any atom is -0.365 e. The fraction of sp³-hybridized carbons (Fsp3) is 0.429. The fourth-order valence-corrected chi connectivity index (χ4v) is 2.89. The number of allylic oxidation sites excluding steroid dienone is 1. The zero-order valence-electron chi connectivity index (χ0n) is 11.9. The zero-order chi connectivity index (χ0) is 15.0. The van der Waals surface area contributed by atoms with Gasteiger partial charge in [0, 0.05) is 26.2 Å². The van der Waals surface area contributed by atoms with E-state index in [1.807, 2.05) is 18.2 Å². The first-order valence-electron chi connectivity index (χ1n) is 6.67. The maximum Gasteiger partial charge on any atom is 0.237 e. The van der Waals surface area contributed by atoms with Crippen LogP contribution >= 0.6 is 0 Å². The van der Waals surface area contributed by atoms with E-state index in [0.29, 0.717) is 24.4 Å². The highest BCUT2D eigenvalue weighted by molar-refractivity contribution is 7.84. The maximum absolute atomic E-state index is 11.5. The summed E-state index contributed by atoms with van der Waals surface area (Å²) in [4.78, 5) is 4.09. The van der Waals surface area contributed by atoms with Crippen molar-refractivity contribution in [2.24, 2.45) is 0 Å². The van der Waals surface area contributed by atoms with Crippen molar-refractivity contribution in [2.45, 2.75) is 30.2 Å². The summed E-state index contributed by atoms with van der Waals surface area (Å²) < 4.78 is 18.4. The average Bonchev–Trinajstić information content (AvgIpc) is 2.91. The molecular weight excluding hydrogens is 290 g/mol. The Kier molecular flexibility index (Phi) is 3.64. The summed E-state index contributed by atoms with van der Waals surface area (Å²) >= 11 is 0. The van der Waals surface area contributed by atoms with Crippen LogP contribution in [0.1, 0.15) is 25.0 Å². The number of ether oxygens (including phenoxy) is 1. The van der Waals surface area contributed by atoms with Crippen LogP contribution in [-0.4, -0.2) is 43.1 Å². The highest BCUT2D eigenvalue weighted by atomic mass is 32.2. The molecule has 0 saturated carbocycles. The monoisotopic (exact) mass is 307 g/mol. The van der Waals surface area contributed by atoms with E-state index in [0.717, 1.165) is 16.8 Å². The molecule has 0 saturated heterocycles. The first-order chi connectivity index (χ1) is 10.0. The summed E-state index contributed by atoms with van der Waals surface area (Å²) in [6.45, 7) is 0. The number of aliphatic hydroxyl groups is 1. The number of nitrogens with zero attached hydrogens (tertiary/aromatic N) is 3. The van der Waals surface area contributed by atoms with Gasteiger partial charge >= 0.3 is 0 Å². The first-order valence-corrected chi connectivity index (χ1v) is 8.23. The quantitative estimate of drug-likeness (QED) is 0.867. The molecule has 0 fully saturated rings. The van der Waals surface area contributed by atoms with E-state index in [4.69, 9.17) is 4.74 Å². The van der Waals surface area contributed by atoms with E-state index in [9.17, 15) is 9.32 Å². The van der Waals surface area contributed by atoms with Gasteiger partial charge in [0.25, 0.3) is 0 Å². The van der Waals surface area contributed by atoms with Gasteiger partial charge in [-0.2, -0.15) is 0 Å². The lowest BCUT2D eigenvalue weighted by Gasteiger charge is -2.29. The van der Waals surface area contributed by atoms with Crippen LogP contribution in [0.3, 0.4) is 0 Å². The summed E-state index contributed by atoms with van der Waals surface area (Å²) in [5.41, 5.74) is 2.90. The molecule has 2 atom stereocenters. The van der Waals surface area contributed by atoms with Crippen LogP contribution in [0.2, 0.25) is 0 Å². The van der Waals surface area contributed by atoms with E-state index in [-0.39, 0.29) is 0 Å². The largest absolute Gasteiger partial charge is 0.365 e. The molecule has 0 spiro atoms. The Morgan fingerprint density at radius 3 is 2.90 bits per heavy atom. The van der Waals surface area contributed by atoms with Crippen LogP contribution in [0.4, 0.5) is 0 Å². The molecule has 7 heteroatoms. The standard InChI is InChI=1S/C14H17N3O3S/c1-20-14(18)7-5-10(6-8-14)12-4-3-11-9-15-13(21(2)19)16-17(11)12/h3-5,9,18H,6-8H2,1-2H3. The Morgan fingerprint density at radius 2 is 2.29 bits per heavy atom. The minimum absolute atomic E-state index is 0.310. The van der Waals surface area contributed by atoms with Crippen LogP contribution in [-0.2, 0) is 15.5 Å². The molecule has 2 aromatic rings. The van der Waals surface area contributed by atoms with Gasteiger partial charge in [0.2, 0.25) is 5.16 Å². The first kappa shape index (κ1) is 14.4. The number of rotatable bonds is 3. The Labute approximate surface area is 124 Å². The lowest BCUT2D eigenvalue weighted by Crippen LogP contribution is -2.32. The van der Waals surface area contributed by atoms with E-state index in [2.05, 4.69) is 10.1 Å². The van der Waals surface area contributed by atoms with Crippen molar-refractivity contribution in [2.75, 3.05) is 13.4 Å². The molecule has 21 heavy (non-hydrogen) atoms. The predicted molar refractivity (Wildman–Crippen MR) is 79.1 cm³/mol. The number of hydrogen-bond acceptors (Lipinski definition) is 5. The van der Waals surface area contributed by atoms with Gasteiger partial charge in [-0.05, 0) is 24.1 Å². The van der Waals surface area contributed by atoms with Crippen LogP contribution in [0.5, 0.6) is 0 Å². The molecular formula is C14H17N3O3S. The predicted octanol–water partition coefficient (Wildman–Crippen LogP) is 1.37. The van der Waals surface area contributed by atoms with E-state index in [1.54, 1.807) is 17.0 Å². The van der Waals surface area contributed by atoms with E-state index < -0.39 is 16.6 Å². The third kappa shape index (κ3) is 2.64. The topological polar surface area (TPSA) is 76.7 Å². The normalized spacial score (nSPS) is 24.0. The summed E-state index contributed by atoms with van der Waals surface area (Å²) in [7, 11) is 0.297. The third-order valence-electron chi connectivity index (χ3n) is 3.80. The SMILES string of the molecule is COC1(O)CC=C(c2ccc3cnc(S(C)=O)nn23)CC1. The molecule has 0 amide bonds. The molecule has 3 rings (SSSR count). The molecule has 6 nitrogen and oxygen atoms in total. The Morgan fingerprint density at radius 1 is 1.48 bits per heavy atom. The molecule has 2 aromatic heterocycles. The highest BCUT2D eigenvalue weighted by Crippen LogP contribution is 2.33. The Hall–Kier alpha value is -1.57. The maximum atomic E-state index is 11.5. The summed E-state index contributed by atoms with van der Waals surface area (Å²) in [5, 5.41) is 14.7. The average molecular weight is 307 g/mol. The molecule has 1 aliphatic carbocycles. The molecule has 0 aliphatic heterocycles. The van der Waals surface area contributed by atoms with Gasteiger partial charge in [-0.25, -0.2) is 9.50 Å². The lowest BCUT2D eigenvalue weighted by atomic mass is 9.92. The Balaban J connectivity index is 2.01. The number of methoxy groups -OCH3 is 1. The fourth-order valence-electron chi connectivity index (χ4n) is 2.50. The third-order valence-corrected chi connectivity index (χ3v) is 4.50. The van der Waals surface area contributed by atoms with Gasteiger partial charge in [-0.15, -0.1) is 5.10 Å². The van der Waals surface area contributed by atoms with Gasteiger partial charge in [0.15, 0.2) is 5.79 Å². The Bertz CT molecular complexity index is 740. The van der Waals surface area contributed by atoms with E-state index in [1.165, 1.54) is 7.11 Å². The molecule has 1 aliphatic rings. The lowest BCUT2D eigenvalue weighted by molar-refractivity contribution is -0.187. The number of aromatic nitrogens is 3. The van der Waals surface area contributed by atoms with E-state index >= 15 is 0 Å². The van der Waals surface area contributed by atoms with Gasteiger partial charge < -0.3 is 9.84 Å². The van der Waals surface area contributed by atoms with Gasteiger partial charge in [0.1, 0.15) is 0 Å². The molecule has 1 N–H and O–H groups in total. The van der Waals surface area contributed by atoms with Crippen molar-refractivity contribution in [1.29, 1.82) is 0 Å². The van der Waals surface area contributed by atoms with Crippen LogP contribution in [0, 0.1) is 0 Å².